The Hall–Kier alpha value is -2.02. The first-order valence-corrected chi connectivity index (χ1v) is 6.81. The van der Waals surface area contributed by atoms with Crippen LogP contribution in [0.15, 0.2) is 46.9 Å². The minimum atomic E-state index is -2.48. The molecule has 0 unspecified atom stereocenters. The fraction of sp³-hybridized carbons (Fsp3) is 0.143. The Bertz CT molecular complexity index is 648. The maximum atomic E-state index is 12.4. The molecule has 0 saturated heterocycles. The van der Waals surface area contributed by atoms with Gasteiger partial charge < -0.3 is 5.32 Å². The third-order valence-electron chi connectivity index (χ3n) is 2.88. The summed E-state index contributed by atoms with van der Waals surface area (Å²) in [5.74, 6) is 0. The van der Waals surface area contributed by atoms with Gasteiger partial charge in [0, 0.05) is 34.4 Å². The van der Waals surface area contributed by atoms with Crippen LogP contribution >= 0.6 is 15.9 Å². The summed E-state index contributed by atoms with van der Waals surface area (Å²) >= 11 is 3.25. The van der Waals surface area contributed by atoms with Crippen molar-refractivity contribution in [2.24, 2.45) is 0 Å². The van der Waals surface area contributed by atoms with Gasteiger partial charge in [-0.3, -0.25) is 10.1 Å². The molecule has 7 heteroatoms. The summed E-state index contributed by atoms with van der Waals surface area (Å²) < 4.78 is 25.4. The molecule has 1 N–H and O–H groups in total. The molecular formula is C14H11BrF2N2O2. The highest BCUT2D eigenvalue weighted by Gasteiger charge is 2.09. The molecule has 0 amide bonds. The van der Waals surface area contributed by atoms with Crippen molar-refractivity contribution < 1.29 is 13.7 Å². The first-order chi connectivity index (χ1) is 9.97. The van der Waals surface area contributed by atoms with E-state index in [1.165, 1.54) is 24.3 Å². The van der Waals surface area contributed by atoms with E-state index in [1.807, 2.05) is 0 Å². The molecule has 0 aromatic heterocycles. The highest BCUT2D eigenvalue weighted by atomic mass is 79.9. The van der Waals surface area contributed by atoms with Crippen LogP contribution in [0.3, 0.4) is 0 Å². The van der Waals surface area contributed by atoms with E-state index < -0.39 is 11.3 Å². The lowest BCUT2D eigenvalue weighted by atomic mass is 10.1. The van der Waals surface area contributed by atoms with Gasteiger partial charge in [0.1, 0.15) is 0 Å². The molecule has 4 nitrogen and oxygen atoms in total. The van der Waals surface area contributed by atoms with E-state index in [4.69, 9.17) is 0 Å². The Balaban J connectivity index is 2.04. The van der Waals surface area contributed by atoms with Crippen LogP contribution in [-0.2, 0) is 6.54 Å². The molecule has 0 fully saturated rings. The average Bonchev–Trinajstić information content (AvgIpc) is 2.46. The number of anilines is 1. The van der Waals surface area contributed by atoms with Crippen molar-refractivity contribution in [2.75, 3.05) is 5.32 Å². The number of rotatable bonds is 5. The number of non-ortho nitro benzene ring substituents is 1. The minimum absolute atomic E-state index is 0.00582. The van der Waals surface area contributed by atoms with E-state index in [0.29, 0.717) is 16.7 Å². The average molecular weight is 357 g/mol. The van der Waals surface area contributed by atoms with Gasteiger partial charge >= 0.3 is 0 Å². The third kappa shape index (κ3) is 3.98. The molecule has 2 rings (SSSR count). The van der Waals surface area contributed by atoms with Gasteiger partial charge in [0.2, 0.25) is 0 Å². The SMILES string of the molecule is O=[N+]([O-])c1ccc(NCc2ccc(C(F)F)cc2)c(Br)c1. The number of benzene rings is 2. The topological polar surface area (TPSA) is 55.2 Å². The molecule has 0 aliphatic carbocycles. The lowest BCUT2D eigenvalue weighted by Gasteiger charge is -2.09. The minimum Gasteiger partial charge on any atom is -0.380 e. The number of nitrogens with one attached hydrogen (secondary N) is 1. The van der Waals surface area contributed by atoms with Crippen molar-refractivity contribution in [1.29, 1.82) is 0 Å². The van der Waals surface area contributed by atoms with Crippen molar-refractivity contribution in [1.82, 2.24) is 0 Å². The fourth-order valence-electron chi connectivity index (χ4n) is 1.74. The second kappa shape index (κ2) is 6.62. The Morgan fingerprint density at radius 1 is 1.19 bits per heavy atom. The van der Waals surface area contributed by atoms with Crippen LogP contribution in [-0.4, -0.2) is 4.92 Å². The lowest BCUT2D eigenvalue weighted by Crippen LogP contribution is -2.00. The largest absolute Gasteiger partial charge is 0.380 e. The summed E-state index contributed by atoms with van der Waals surface area (Å²) in [5, 5.41) is 13.7. The van der Waals surface area contributed by atoms with E-state index in [2.05, 4.69) is 21.2 Å². The van der Waals surface area contributed by atoms with Gasteiger partial charge in [-0.1, -0.05) is 24.3 Å². The van der Waals surface area contributed by atoms with Crippen LogP contribution in [0.5, 0.6) is 0 Å². The van der Waals surface area contributed by atoms with Crippen LogP contribution in [0.4, 0.5) is 20.2 Å². The van der Waals surface area contributed by atoms with Gasteiger partial charge in [0.25, 0.3) is 12.1 Å². The van der Waals surface area contributed by atoms with Crippen LogP contribution in [0.2, 0.25) is 0 Å². The Morgan fingerprint density at radius 2 is 1.86 bits per heavy atom. The van der Waals surface area contributed by atoms with Crippen molar-refractivity contribution in [3.05, 3.63) is 68.2 Å². The lowest BCUT2D eigenvalue weighted by molar-refractivity contribution is -0.384. The van der Waals surface area contributed by atoms with Crippen LogP contribution in [0.1, 0.15) is 17.6 Å². The molecule has 21 heavy (non-hydrogen) atoms. The Labute approximate surface area is 128 Å². The van der Waals surface area contributed by atoms with E-state index >= 15 is 0 Å². The molecule has 2 aromatic rings. The predicted molar refractivity (Wildman–Crippen MR) is 79.5 cm³/mol. The standard InChI is InChI=1S/C14H11BrF2N2O2/c15-12-7-11(19(20)21)5-6-13(12)18-8-9-1-3-10(4-2-9)14(16)17/h1-7,14,18H,8H2. The molecule has 0 aliphatic rings. The molecule has 0 bridgehead atoms. The number of halogens is 3. The number of nitro benzene ring substituents is 1. The first kappa shape index (κ1) is 15.4. The van der Waals surface area contributed by atoms with E-state index in [-0.39, 0.29) is 11.3 Å². The third-order valence-corrected chi connectivity index (χ3v) is 3.53. The van der Waals surface area contributed by atoms with E-state index in [0.717, 1.165) is 5.56 Å². The van der Waals surface area contributed by atoms with Crippen molar-refractivity contribution in [2.45, 2.75) is 13.0 Å². The van der Waals surface area contributed by atoms with Crippen molar-refractivity contribution in [3.63, 3.8) is 0 Å². The molecule has 2 aromatic carbocycles. The molecule has 0 aliphatic heterocycles. The number of hydrogen-bond donors (Lipinski definition) is 1. The summed E-state index contributed by atoms with van der Waals surface area (Å²) in [4.78, 5) is 10.2. The maximum absolute atomic E-state index is 12.4. The monoisotopic (exact) mass is 356 g/mol. The summed E-state index contributed by atoms with van der Waals surface area (Å²) in [6.07, 6.45) is -2.48. The van der Waals surface area contributed by atoms with Crippen LogP contribution in [0.25, 0.3) is 0 Å². The van der Waals surface area contributed by atoms with E-state index in [1.54, 1.807) is 18.2 Å². The number of nitrogens with zero attached hydrogens (tertiary/aromatic N) is 1. The summed E-state index contributed by atoms with van der Waals surface area (Å²) in [7, 11) is 0. The molecular weight excluding hydrogens is 346 g/mol. The van der Waals surface area contributed by atoms with Crippen molar-refractivity contribution >= 4 is 27.3 Å². The summed E-state index contributed by atoms with van der Waals surface area (Å²) in [6, 6.07) is 10.4. The smallest absolute Gasteiger partial charge is 0.270 e. The zero-order valence-corrected chi connectivity index (χ0v) is 12.3. The van der Waals surface area contributed by atoms with Crippen LogP contribution in [0, 0.1) is 10.1 Å². The van der Waals surface area contributed by atoms with E-state index in [9.17, 15) is 18.9 Å². The zero-order chi connectivity index (χ0) is 15.4. The van der Waals surface area contributed by atoms with Gasteiger partial charge in [-0.2, -0.15) is 0 Å². The molecule has 0 radical (unpaired) electrons. The summed E-state index contributed by atoms with van der Waals surface area (Å²) in [6.45, 7) is 0.430. The highest BCUT2D eigenvalue weighted by molar-refractivity contribution is 9.10. The molecule has 0 heterocycles. The van der Waals surface area contributed by atoms with Crippen molar-refractivity contribution in [3.8, 4) is 0 Å². The summed E-state index contributed by atoms with van der Waals surface area (Å²) in [5.41, 5.74) is 1.51. The molecule has 0 saturated carbocycles. The molecule has 0 atom stereocenters. The van der Waals surface area contributed by atoms with Gasteiger partial charge in [-0.15, -0.1) is 0 Å². The number of hydrogen-bond acceptors (Lipinski definition) is 3. The molecule has 0 spiro atoms. The Kier molecular flexibility index (Phi) is 4.85. The fourth-order valence-corrected chi connectivity index (χ4v) is 2.25. The quantitative estimate of drug-likeness (QED) is 0.611. The first-order valence-electron chi connectivity index (χ1n) is 6.02. The number of nitro groups is 1. The van der Waals surface area contributed by atoms with Gasteiger partial charge in [0.05, 0.1) is 4.92 Å². The van der Waals surface area contributed by atoms with Gasteiger partial charge in [-0.25, -0.2) is 8.78 Å². The second-order valence-corrected chi connectivity index (χ2v) is 5.17. The maximum Gasteiger partial charge on any atom is 0.270 e. The highest BCUT2D eigenvalue weighted by Crippen LogP contribution is 2.27. The van der Waals surface area contributed by atoms with Crippen LogP contribution < -0.4 is 5.32 Å². The zero-order valence-electron chi connectivity index (χ0n) is 10.7. The Morgan fingerprint density at radius 3 is 2.38 bits per heavy atom. The number of alkyl halides is 2. The molecule has 110 valence electrons. The van der Waals surface area contributed by atoms with Gasteiger partial charge in [-0.05, 0) is 27.6 Å². The normalized spacial score (nSPS) is 10.7. The second-order valence-electron chi connectivity index (χ2n) is 4.32. The predicted octanol–water partition coefficient (Wildman–Crippen LogP) is 4.91. The van der Waals surface area contributed by atoms with Gasteiger partial charge in [0.15, 0.2) is 0 Å².